The molecule has 41 heavy (non-hydrogen) atoms. The highest BCUT2D eigenvalue weighted by Gasteiger charge is 2.36. The number of aromatic nitrogens is 5. The number of carbonyl (C=O) groups excluding carboxylic acids is 1. The van der Waals surface area contributed by atoms with Crippen LogP contribution in [0.15, 0.2) is 79.5 Å². The van der Waals surface area contributed by atoms with Crippen LogP contribution < -0.4 is 26.3 Å². The van der Waals surface area contributed by atoms with Crippen molar-refractivity contribution in [3.63, 3.8) is 0 Å². The third kappa shape index (κ3) is 5.71. The number of nitrogens with two attached hydrogens (primary N) is 1. The Bertz CT molecular complexity index is 1710. The zero-order valence-electron chi connectivity index (χ0n) is 23.3. The van der Waals surface area contributed by atoms with Crippen LogP contribution in [0.4, 0.5) is 17.3 Å². The Kier molecular flexibility index (Phi) is 7.38. The largest absolute Gasteiger partial charge is 0.439 e. The van der Waals surface area contributed by atoms with Gasteiger partial charge in [-0.15, -0.1) is 0 Å². The molecule has 1 amide bonds. The molecule has 5 rings (SSSR count). The van der Waals surface area contributed by atoms with Gasteiger partial charge in [0.25, 0.3) is 0 Å². The van der Waals surface area contributed by atoms with E-state index in [0.717, 1.165) is 17.1 Å². The molecular weight excluding hydrogens is 520 g/mol. The number of nitrogens with one attached hydrogen (secondary N) is 1. The molecule has 0 aromatic carbocycles. The number of aryl methyl sites for hydroxylation is 1. The monoisotopic (exact) mass is 552 g/mol. The van der Waals surface area contributed by atoms with E-state index in [2.05, 4.69) is 43.3 Å². The lowest BCUT2D eigenvalue weighted by molar-refractivity contribution is -0.131. The zero-order valence-corrected chi connectivity index (χ0v) is 23.3. The predicted molar refractivity (Wildman–Crippen MR) is 158 cm³/mol. The van der Waals surface area contributed by atoms with Crippen molar-refractivity contribution < 1.29 is 9.53 Å². The first-order valence-electron chi connectivity index (χ1n) is 13.0. The maximum Gasteiger partial charge on any atom is 0.246 e. The number of hydrogen-bond acceptors (Lipinski definition) is 10. The molecule has 1 saturated heterocycles. The molecule has 12 nitrogen and oxygen atoms in total. The van der Waals surface area contributed by atoms with E-state index in [1.165, 1.54) is 23.3 Å². The Morgan fingerprint density at radius 3 is 2.73 bits per heavy atom. The summed E-state index contributed by atoms with van der Waals surface area (Å²) in [5.41, 5.74) is 2.97. The average molecular weight is 553 g/mol. The number of rotatable bonds is 7. The Balaban J connectivity index is 1.38. The molecule has 1 aliphatic heterocycles. The Hall–Kier alpha value is -5.26. The first-order valence-corrected chi connectivity index (χ1v) is 13.0. The van der Waals surface area contributed by atoms with E-state index in [1.54, 1.807) is 24.5 Å². The molecular formula is C29H32N10O2. The van der Waals surface area contributed by atoms with Gasteiger partial charge in [0, 0.05) is 43.7 Å². The molecule has 12 heteroatoms. The second-order valence-corrected chi connectivity index (χ2v) is 10.2. The van der Waals surface area contributed by atoms with Crippen LogP contribution in [0.5, 0.6) is 11.6 Å². The van der Waals surface area contributed by atoms with Crippen LogP contribution in [-0.4, -0.2) is 60.6 Å². The lowest BCUT2D eigenvalue weighted by atomic mass is 9.98. The average Bonchev–Trinajstić information content (AvgIpc) is 2.95. The number of ether oxygens (including phenoxy) is 1. The number of pyridine rings is 3. The van der Waals surface area contributed by atoms with Crippen molar-refractivity contribution in [2.24, 2.45) is 4.99 Å². The van der Waals surface area contributed by atoms with E-state index >= 15 is 0 Å². The summed E-state index contributed by atoms with van der Waals surface area (Å²) < 4.78 is 7.35. The molecule has 0 radical (unpaired) electrons. The van der Waals surface area contributed by atoms with Gasteiger partial charge < -0.3 is 25.7 Å². The van der Waals surface area contributed by atoms with E-state index < -0.39 is 0 Å². The molecule has 0 atom stereocenters. The second-order valence-electron chi connectivity index (χ2n) is 10.2. The minimum Gasteiger partial charge on any atom is -0.439 e. The number of carbonyl (C=O) groups is 1. The molecule has 4 aromatic rings. The second kappa shape index (κ2) is 11.1. The Morgan fingerprint density at radius 1 is 1.17 bits per heavy atom. The summed E-state index contributed by atoms with van der Waals surface area (Å²) in [6, 6.07) is 9.21. The zero-order chi connectivity index (χ0) is 29.1. The minimum absolute atomic E-state index is 0.0678. The number of nitrogens with zero attached hydrogens (tertiary/aromatic N) is 8. The fourth-order valence-electron chi connectivity index (χ4n) is 4.79. The quantitative estimate of drug-likeness (QED) is 0.261. The maximum absolute atomic E-state index is 12.3. The first kappa shape index (κ1) is 27.3. The summed E-state index contributed by atoms with van der Waals surface area (Å²) in [6.07, 6.45) is 7.58. The van der Waals surface area contributed by atoms with Crippen LogP contribution in [0.2, 0.25) is 0 Å². The number of anilines is 3. The van der Waals surface area contributed by atoms with Crippen molar-refractivity contribution in [2.75, 3.05) is 35.7 Å². The topological polar surface area (TPSA) is 140 Å². The first-order chi connectivity index (χ1) is 19.7. The normalized spacial score (nSPS) is 15.0. The summed E-state index contributed by atoms with van der Waals surface area (Å²) in [5, 5.41) is 3.33. The number of hydrogen-bond donors (Lipinski definition) is 2. The number of nitrogen functional groups attached to an aromatic ring is 1. The third-order valence-corrected chi connectivity index (χ3v) is 6.80. The molecule has 3 N–H and O–H groups in total. The van der Waals surface area contributed by atoms with Gasteiger partial charge >= 0.3 is 0 Å². The van der Waals surface area contributed by atoms with E-state index in [1.807, 2.05) is 43.9 Å². The lowest BCUT2D eigenvalue weighted by Crippen LogP contribution is -2.61. The Morgan fingerprint density at radius 2 is 2.00 bits per heavy atom. The van der Waals surface area contributed by atoms with E-state index in [-0.39, 0.29) is 11.4 Å². The fourth-order valence-corrected chi connectivity index (χ4v) is 4.79. The van der Waals surface area contributed by atoms with Gasteiger partial charge in [0.1, 0.15) is 23.4 Å². The van der Waals surface area contributed by atoms with Crippen LogP contribution in [0, 0.1) is 6.92 Å². The molecule has 210 valence electrons. The van der Waals surface area contributed by atoms with Gasteiger partial charge in [0.05, 0.1) is 22.9 Å². The van der Waals surface area contributed by atoms with Gasteiger partial charge in [-0.1, -0.05) is 13.2 Å². The predicted octanol–water partition coefficient (Wildman–Crippen LogP) is 3.44. The van der Waals surface area contributed by atoms with Gasteiger partial charge in [-0.05, 0) is 51.1 Å². The minimum atomic E-state index is -0.380. The van der Waals surface area contributed by atoms with Crippen molar-refractivity contribution >= 4 is 34.3 Å². The maximum atomic E-state index is 12.3. The standard InChI is InChI=1S/C29H32N10O2/c1-6-25(40)38-13-12-37(17-29(38,4)5)23-9-8-22-26(36-23)27(34-18-33-22)35-20-14-19(3)28(32-16-20)41-21-10-11-39(30)24(15-21)31-7-2/h6-11,14-16,18H,1-2,12-13,17,30H2,3-5H3,(H,33,34,35). The van der Waals surface area contributed by atoms with Crippen molar-refractivity contribution in [3.8, 4) is 11.6 Å². The molecule has 0 unspecified atom stereocenters. The highest BCUT2D eigenvalue weighted by Crippen LogP contribution is 2.29. The van der Waals surface area contributed by atoms with Crippen LogP contribution in [0.3, 0.4) is 0 Å². The number of piperazine rings is 1. The van der Waals surface area contributed by atoms with E-state index in [9.17, 15) is 4.79 Å². The van der Waals surface area contributed by atoms with Crippen molar-refractivity contribution in [1.29, 1.82) is 0 Å². The SMILES string of the molecule is C=CN=c1cc(Oc2ncc(Nc3ncnc4ccc(N5CCN(C(=O)C=C)C(C)(C)C5)nc34)cc2C)ccn1N. The molecule has 1 aliphatic rings. The summed E-state index contributed by atoms with van der Waals surface area (Å²) in [6.45, 7) is 15.1. The van der Waals surface area contributed by atoms with Crippen LogP contribution in [0.1, 0.15) is 19.4 Å². The Labute approximate surface area is 237 Å². The molecule has 0 saturated carbocycles. The van der Waals surface area contributed by atoms with Crippen LogP contribution in [-0.2, 0) is 4.79 Å². The molecule has 0 bridgehead atoms. The van der Waals surface area contributed by atoms with Gasteiger partial charge in [0.2, 0.25) is 11.8 Å². The van der Waals surface area contributed by atoms with Crippen molar-refractivity contribution in [3.05, 3.63) is 85.5 Å². The fraction of sp³-hybridized carbons (Fsp3) is 0.241. The van der Waals surface area contributed by atoms with Gasteiger partial charge in [-0.3, -0.25) is 9.47 Å². The molecule has 0 spiro atoms. The smallest absolute Gasteiger partial charge is 0.246 e. The van der Waals surface area contributed by atoms with Crippen molar-refractivity contribution in [1.82, 2.24) is 29.5 Å². The lowest BCUT2D eigenvalue weighted by Gasteiger charge is -2.47. The van der Waals surface area contributed by atoms with E-state index in [4.69, 9.17) is 15.6 Å². The summed E-state index contributed by atoms with van der Waals surface area (Å²) in [7, 11) is 0. The van der Waals surface area contributed by atoms with Gasteiger partial charge in [-0.2, -0.15) is 0 Å². The number of fused-ring (bicyclic) bond motifs is 1. The van der Waals surface area contributed by atoms with Gasteiger partial charge in [0.15, 0.2) is 11.3 Å². The number of amides is 1. The van der Waals surface area contributed by atoms with E-state index in [0.29, 0.717) is 53.6 Å². The highest BCUT2D eigenvalue weighted by molar-refractivity contribution is 5.89. The van der Waals surface area contributed by atoms with Crippen LogP contribution in [0.25, 0.3) is 11.0 Å². The summed E-state index contributed by atoms with van der Waals surface area (Å²) >= 11 is 0. The van der Waals surface area contributed by atoms with Gasteiger partial charge in [-0.25, -0.2) is 24.9 Å². The summed E-state index contributed by atoms with van der Waals surface area (Å²) in [5.74, 6) is 8.14. The molecule has 0 aliphatic carbocycles. The molecule has 4 aromatic heterocycles. The van der Waals surface area contributed by atoms with Crippen molar-refractivity contribution in [2.45, 2.75) is 26.3 Å². The molecule has 5 heterocycles. The molecule has 1 fully saturated rings. The summed E-state index contributed by atoms with van der Waals surface area (Å²) in [4.78, 5) is 38.7. The highest BCUT2D eigenvalue weighted by atomic mass is 16.5. The third-order valence-electron chi connectivity index (χ3n) is 6.80. The van der Waals surface area contributed by atoms with Crippen LogP contribution >= 0.6 is 0 Å².